The molecule has 1 aromatic rings. The minimum atomic E-state index is 0.648. The van der Waals surface area contributed by atoms with E-state index in [0.717, 1.165) is 13.1 Å². The van der Waals surface area contributed by atoms with Crippen LogP contribution >= 0.6 is 0 Å². The maximum atomic E-state index is 4.26. The van der Waals surface area contributed by atoms with Gasteiger partial charge in [-0.1, -0.05) is 0 Å². The van der Waals surface area contributed by atoms with Gasteiger partial charge in [0.1, 0.15) is 0 Å². The van der Waals surface area contributed by atoms with Gasteiger partial charge in [0.05, 0.1) is 5.69 Å². The van der Waals surface area contributed by atoms with Crippen molar-refractivity contribution in [3.63, 3.8) is 0 Å². The molecule has 0 amide bonds. The smallest absolute Gasteiger partial charge is 0.0522 e. The van der Waals surface area contributed by atoms with Crippen LogP contribution in [-0.4, -0.2) is 40.9 Å². The largest absolute Gasteiger partial charge is 0.307 e. The van der Waals surface area contributed by atoms with Gasteiger partial charge in [-0.25, -0.2) is 0 Å². The SMILES string of the molecule is CCn1nccc1CN[C@H]1CCN(C)C1. The molecule has 0 radical (unpaired) electrons. The number of hydrogen-bond acceptors (Lipinski definition) is 3. The number of rotatable bonds is 4. The third-order valence-corrected chi connectivity index (χ3v) is 3.07. The molecule has 1 aliphatic rings. The van der Waals surface area contributed by atoms with Crippen molar-refractivity contribution in [2.75, 3.05) is 20.1 Å². The third kappa shape index (κ3) is 2.58. The first-order valence-corrected chi connectivity index (χ1v) is 5.72. The van der Waals surface area contributed by atoms with Gasteiger partial charge in [0.25, 0.3) is 0 Å². The van der Waals surface area contributed by atoms with E-state index in [1.54, 1.807) is 0 Å². The molecule has 0 unspecified atom stereocenters. The predicted octanol–water partition coefficient (Wildman–Crippen LogP) is 0.697. The van der Waals surface area contributed by atoms with Gasteiger partial charge in [0, 0.05) is 31.9 Å². The summed E-state index contributed by atoms with van der Waals surface area (Å²) in [6, 6.07) is 2.74. The predicted molar refractivity (Wildman–Crippen MR) is 60.6 cm³/mol. The molecule has 15 heavy (non-hydrogen) atoms. The Kier molecular flexibility index (Phi) is 3.38. The Morgan fingerprint density at radius 3 is 3.13 bits per heavy atom. The molecular weight excluding hydrogens is 188 g/mol. The monoisotopic (exact) mass is 208 g/mol. The molecule has 84 valence electrons. The van der Waals surface area contributed by atoms with Crippen LogP contribution in [0.5, 0.6) is 0 Å². The number of aryl methyl sites for hydroxylation is 1. The van der Waals surface area contributed by atoms with Crippen LogP contribution in [0.4, 0.5) is 0 Å². The van der Waals surface area contributed by atoms with Crippen LogP contribution in [0.15, 0.2) is 12.3 Å². The highest BCUT2D eigenvalue weighted by molar-refractivity contribution is 5.00. The first kappa shape index (κ1) is 10.6. The molecule has 2 rings (SSSR count). The van der Waals surface area contributed by atoms with Gasteiger partial charge >= 0.3 is 0 Å². The normalized spacial score (nSPS) is 22.4. The Bertz CT molecular complexity index is 307. The second-order valence-corrected chi connectivity index (χ2v) is 4.27. The average molecular weight is 208 g/mol. The standard InChI is InChI=1S/C11H20N4/c1-3-15-11(4-6-13-15)8-12-10-5-7-14(2)9-10/h4,6,10,12H,3,5,7-9H2,1-2H3/t10-/m0/s1. The van der Waals surface area contributed by atoms with E-state index in [0.29, 0.717) is 6.04 Å². The van der Waals surface area contributed by atoms with Crippen LogP contribution < -0.4 is 5.32 Å². The Morgan fingerprint density at radius 2 is 2.47 bits per heavy atom. The summed E-state index contributed by atoms with van der Waals surface area (Å²) in [7, 11) is 2.18. The van der Waals surface area contributed by atoms with Gasteiger partial charge in [0.2, 0.25) is 0 Å². The summed E-state index contributed by atoms with van der Waals surface area (Å²) in [6.45, 7) is 6.39. The van der Waals surface area contributed by atoms with E-state index in [1.807, 2.05) is 10.9 Å². The molecule has 2 heterocycles. The third-order valence-electron chi connectivity index (χ3n) is 3.07. The quantitative estimate of drug-likeness (QED) is 0.790. The van der Waals surface area contributed by atoms with Crippen molar-refractivity contribution in [1.82, 2.24) is 20.0 Å². The second-order valence-electron chi connectivity index (χ2n) is 4.27. The van der Waals surface area contributed by atoms with Gasteiger partial charge < -0.3 is 10.2 Å². The van der Waals surface area contributed by atoms with Crippen molar-refractivity contribution in [2.45, 2.75) is 32.5 Å². The van der Waals surface area contributed by atoms with Crippen LogP contribution in [0.2, 0.25) is 0 Å². The topological polar surface area (TPSA) is 33.1 Å². The lowest BCUT2D eigenvalue weighted by Gasteiger charge is -2.13. The van der Waals surface area contributed by atoms with E-state index >= 15 is 0 Å². The summed E-state index contributed by atoms with van der Waals surface area (Å²) in [5, 5.41) is 7.85. The molecule has 4 heteroatoms. The minimum absolute atomic E-state index is 0.648. The van der Waals surface area contributed by atoms with Gasteiger partial charge in [-0.2, -0.15) is 5.10 Å². The lowest BCUT2D eigenvalue weighted by atomic mass is 10.2. The van der Waals surface area contributed by atoms with Gasteiger partial charge in [-0.3, -0.25) is 4.68 Å². The lowest BCUT2D eigenvalue weighted by Crippen LogP contribution is -2.31. The highest BCUT2D eigenvalue weighted by Gasteiger charge is 2.18. The fourth-order valence-corrected chi connectivity index (χ4v) is 2.15. The van der Waals surface area contributed by atoms with E-state index in [2.05, 4.69) is 35.4 Å². The van der Waals surface area contributed by atoms with Crippen molar-refractivity contribution in [3.8, 4) is 0 Å². The van der Waals surface area contributed by atoms with Crippen LogP contribution in [0.25, 0.3) is 0 Å². The van der Waals surface area contributed by atoms with Crippen molar-refractivity contribution in [3.05, 3.63) is 18.0 Å². The molecule has 0 bridgehead atoms. The van der Waals surface area contributed by atoms with Gasteiger partial charge in [-0.15, -0.1) is 0 Å². The summed E-state index contributed by atoms with van der Waals surface area (Å²) in [4.78, 5) is 2.37. The van der Waals surface area contributed by atoms with E-state index < -0.39 is 0 Å². The molecule has 4 nitrogen and oxygen atoms in total. The van der Waals surface area contributed by atoms with E-state index in [1.165, 1.54) is 25.2 Å². The molecule has 0 aromatic carbocycles. The molecule has 0 spiro atoms. The average Bonchev–Trinajstić information content (AvgIpc) is 2.83. The summed E-state index contributed by atoms with van der Waals surface area (Å²) >= 11 is 0. The fourth-order valence-electron chi connectivity index (χ4n) is 2.15. The van der Waals surface area contributed by atoms with Crippen molar-refractivity contribution < 1.29 is 0 Å². The molecule has 1 N–H and O–H groups in total. The van der Waals surface area contributed by atoms with E-state index in [9.17, 15) is 0 Å². The molecule has 0 aliphatic carbocycles. The molecule has 1 aromatic heterocycles. The molecule has 1 saturated heterocycles. The Labute approximate surface area is 91.3 Å². The highest BCUT2D eigenvalue weighted by Crippen LogP contribution is 2.07. The van der Waals surface area contributed by atoms with Crippen LogP contribution in [0, 0.1) is 0 Å². The zero-order valence-corrected chi connectivity index (χ0v) is 9.61. The van der Waals surface area contributed by atoms with Crippen LogP contribution in [-0.2, 0) is 13.1 Å². The molecule has 1 aliphatic heterocycles. The van der Waals surface area contributed by atoms with E-state index in [4.69, 9.17) is 0 Å². The van der Waals surface area contributed by atoms with Crippen molar-refractivity contribution in [2.24, 2.45) is 0 Å². The number of nitrogens with one attached hydrogen (secondary N) is 1. The highest BCUT2D eigenvalue weighted by atomic mass is 15.3. The molecule has 1 atom stereocenters. The number of aromatic nitrogens is 2. The zero-order chi connectivity index (χ0) is 10.7. The number of likely N-dealkylation sites (N-methyl/N-ethyl adjacent to an activating group) is 1. The number of likely N-dealkylation sites (tertiary alicyclic amines) is 1. The molecular formula is C11H20N4. The first-order chi connectivity index (χ1) is 7.29. The van der Waals surface area contributed by atoms with Crippen molar-refractivity contribution in [1.29, 1.82) is 0 Å². The summed E-state index contributed by atoms with van der Waals surface area (Å²) in [5.41, 5.74) is 1.28. The van der Waals surface area contributed by atoms with Gasteiger partial charge in [-0.05, 0) is 33.0 Å². The maximum absolute atomic E-state index is 4.26. The molecule has 1 fully saturated rings. The first-order valence-electron chi connectivity index (χ1n) is 5.72. The summed E-state index contributed by atoms with van der Waals surface area (Å²) in [5.74, 6) is 0. The van der Waals surface area contributed by atoms with Crippen LogP contribution in [0.1, 0.15) is 19.0 Å². The zero-order valence-electron chi connectivity index (χ0n) is 9.61. The summed E-state index contributed by atoms with van der Waals surface area (Å²) in [6.07, 6.45) is 3.14. The fraction of sp³-hybridized carbons (Fsp3) is 0.727. The number of hydrogen-bond donors (Lipinski definition) is 1. The Balaban J connectivity index is 1.83. The lowest BCUT2D eigenvalue weighted by molar-refractivity contribution is 0.396. The maximum Gasteiger partial charge on any atom is 0.0522 e. The van der Waals surface area contributed by atoms with Crippen molar-refractivity contribution >= 4 is 0 Å². The van der Waals surface area contributed by atoms with E-state index in [-0.39, 0.29) is 0 Å². The Hall–Kier alpha value is -0.870. The summed E-state index contributed by atoms with van der Waals surface area (Å²) < 4.78 is 2.05. The van der Waals surface area contributed by atoms with Gasteiger partial charge in [0.15, 0.2) is 0 Å². The minimum Gasteiger partial charge on any atom is -0.307 e. The molecule has 0 saturated carbocycles. The Morgan fingerprint density at radius 1 is 1.60 bits per heavy atom. The number of nitrogens with zero attached hydrogens (tertiary/aromatic N) is 3. The van der Waals surface area contributed by atoms with Crippen LogP contribution in [0.3, 0.4) is 0 Å². The second kappa shape index (κ2) is 4.77.